The molecule has 5 N–H and O–H groups in total. The van der Waals surface area contributed by atoms with Gasteiger partial charge in [0.25, 0.3) is 0 Å². The minimum atomic E-state index is -4.80. The molecular formula is C5H11O8P. The van der Waals surface area contributed by atoms with Crippen LogP contribution in [0, 0.1) is 0 Å². The maximum Gasteiger partial charge on any atom is 0.470 e. The molecule has 8 nitrogen and oxygen atoms in total. The van der Waals surface area contributed by atoms with Gasteiger partial charge in [-0.1, -0.05) is 0 Å². The van der Waals surface area contributed by atoms with Gasteiger partial charge in [0.05, 0.1) is 6.61 Å². The summed E-state index contributed by atoms with van der Waals surface area (Å²) in [7, 11) is -4.80. The third-order valence-corrected chi connectivity index (χ3v) is 1.75. The largest absolute Gasteiger partial charge is 0.470 e. The minimum Gasteiger partial charge on any atom is -0.394 e. The molecule has 0 radical (unpaired) electrons. The first-order valence-corrected chi connectivity index (χ1v) is 4.96. The molecule has 0 aliphatic heterocycles. The van der Waals surface area contributed by atoms with E-state index < -0.39 is 39.0 Å². The van der Waals surface area contributed by atoms with Crippen molar-refractivity contribution in [1.82, 2.24) is 0 Å². The van der Waals surface area contributed by atoms with Gasteiger partial charge in [-0.15, -0.1) is 0 Å². The molecule has 0 aromatic heterocycles. The summed E-state index contributed by atoms with van der Waals surface area (Å²) < 4.78 is 20.9. The molecule has 0 aromatic carbocycles. The average Bonchev–Trinajstić information content (AvgIpc) is 2.23. The Balaban J connectivity index is 4.66. The van der Waals surface area contributed by atoms with Crippen LogP contribution in [0.3, 0.4) is 0 Å². The second-order valence-electron chi connectivity index (χ2n) is 2.37. The Morgan fingerprint density at radius 2 is 2.14 bits per heavy atom. The van der Waals surface area contributed by atoms with E-state index in [1.165, 1.54) is 0 Å². The smallest absolute Gasteiger partial charge is 0.394 e. The van der Waals surface area contributed by atoms with Crippen molar-refractivity contribution in [2.75, 3.05) is 13.2 Å². The Kier molecular flexibility index (Phi) is 4.63. The van der Waals surface area contributed by atoms with Crippen LogP contribution in [0.15, 0.2) is 0 Å². The summed E-state index contributed by atoms with van der Waals surface area (Å²) in [5.41, 5.74) is 0. The second-order valence-corrected chi connectivity index (χ2v) is 3.52. The highest BCUT2D eigenvalue weighted by atomic mass is 31.2. The molecule has 0 bridgehead atoms. The van der Waals surface area contributed by atoms with Crippen molar-refractivity contribution >= 4 is 13.6 Å². The highest BCUT2D eigenvalue weighted by Crippen LogP contribution is 2.38. The number of carbonyl (C=O) groups is 1. The van der Waals surface area contributed by atoms with E-state index in [2.05, 4.69) is 9.42 Å². The first-order valence-electron chi connectivity index (χ1n) is 3.87. The van der Waals surface area contributed by atoms with Gasteiger partial charge in [-0.05, 0) is 0 Å². The zero-order valence-corrected chi connectivity index (χ0v) is 7.83. The van der Waals surface area contributed by atoms with Crippen LogP contribution in [0.1, 0.15) is 0 Å². The molecule has 1 unspecified atom stereocenters. The molecule has 0 saturated heterocycles. The molecule has 0 aliphatic rings. The van der Waals surface area contributed by atoms with Crippen molar-refractivity contribution in [2.45, 2.75) is 12.2 Å². The number of Topliss-reactive ketones (excluding diaryl/α,β-unsaturated/α-hetero) is 1. The number of carbonyl (C=O) groups excluding carboxylic acids is 1. The third kappa shape index (κ3) is 4.77. The van der Waals surface area contributed by atoms with Gasteiger partial charge in [0, 0.05) is 0 Å². The SMILES string of the molecule is [2H]OP(=O)(O)O[C@H](C(=O)CO)[C@H](O)CO. The highest BCUT2D eigenvalue weighted by Gasteiger charge is 2.33. The fourth-order valence-corrected chi connectivity index (χ4v) is 1.22. The van der Waals surface area contributed by atoms with Gasteiger partial charge in [-0.2, -0.15) is 0 Å². The van der Waals surface area contributed by atoms with Gasteiger partial charge in [0.1, 0.15) is 12.7 Å². The number of ketones is 1. The number of phosphoric ester groups is 1. The molecule has 84 valence electrons. The molecule has 9 heteroatoms. The first kappa shape index (κ1) is 11.7. The van der Waals surface area contributed by atoms with Crippen molar-refractivity contribution in [3.63, 3.8) is 0 Å². The van der Waals surface area contributed by atoms with Crippen LogP contribution < -0.4 is 0 Å². The summed E-state index contributed by atoms with van der Waals surface area (Å²) in [5.74, 6) is -1.12. The van der Waals surface area contributed by atoms with Crippen LogP contribution >= 0.6 is 7.82 Å². The van der Waals surface area contributed by atoms with Crippen molar-refractivity contribution in [2.24, 2.45) is 0 Å². The van der Waals surface area contributed by atoms with Gasteiger partial charge in [0.2, 0.25) is 1.43 Å². The van der Waals surface area contributed by atoms with Crippen molar-refractivity contribution < 1.29 is 39.0 Å². The zero-order valence-electron chi connectivity index (χ0n) is 7.94. The maximum atomic E-state index is 10.9. The predicted molar refractivity (Wildman–Crippen MR) is 42.1 cm³/mol. The molecule has 14 heavy (non-hydrogen) atoms. The molecule has 0 aliphatic carbocycles. The Hall–Kier alpha value is -0.340. The van der Waals surface area contributed by atoms with E-state index in [9.17, 15) is 9.36 Å². The Bertz CT molecular complexity index is 257. The van der Waals surface area contributed by atoms with E-state index in [0.717, 1.165) is 0 Å². The summed E-state index contributed by atoms with van der Waals surface area (Å²) in [6, 6.07) is 0. The lowest BCUT2D eigenvalue weighted by atomic mass is 10.1. The number of aliphatic hydroxyl groups is 3. The van der Waals surface area contributed by atoms with Crippen molar-refractivity contribution in [3.8, 4) is 0 Å². The summed E-state index contributed by atoms with van der Waals surface area (Å²) in [6.45, 7) is -1.98. The lowest BCUT2D eigenvalue weighted by Gasteiger charge is -2.19. The lowest BCUT2D eigenvalue weighted by Crippen LogP contribution is -2.39. The van der Waals surface area contributed by atoms with Crippen LogP contribution in [0.25, 0.3) is 0 Å². The van der Waals surface area contributed by atoms with Gasteiger partial charge in [-0.3, -0.25) is 9.32 Å². The molecule has 0 fully saturated rings. The van der Waals surface area contributed by atoms with E-state index in [1.807, 2.05) is 0 Å². The zero-order chi connectivity index (χ0) is 12.1. The molecule has 0 rings (SSSR count). The van der Waals surface area contributed by atoms with E-state index in [1.54, 1.807) is 0 Å². The number of rotatable bonds is 7. The Morgan fingerprint density at radius 3 is 2.50 bits per heavy atom. The topological polar surface area (TPSA) is 145 Å². The second kappa shape index (κ2) is 5.52. The highest BCUT2D eigenvalue weighted by molar-refractivity contribution is 7.46. The molecule has 3 atom stereocenters. The van der Waals surface area contributed by atoms with E-state index >= 15 is 0 Å². The summed E-state index contributed by atoms with van der Waals surface area (Å²) in [5, 5.41) is 26.0. The first-order chi connectivity index (χ1) is 6.87. The standard InChI is InChI=1S/C5H11O8P/c6-1-3(8)5(4(9)2-7)13-14(10,11)12/h3,5-8H,1-2H2,(H2,10,11,12)/t3-,5+/m1/s1/i/hD. The van der Waals surface area contributed by atoms with Crippen molar-refractivity contribution in [1.29, 1.82) is 1.43 Å². The molecule has 0 amide bonds. The molecule has 0 heterocycles. The fraction of sp³-hybridized carbons (Fsp3) is 0.800. The van der Waals surface area contributed by atoms with Crippen LogP contribution in [0.4, 0.5) is 0 Å². The monoisotopic (exact) mass is 231 g/mol. The normalized spacial score (nSPS) is 20.7. The summed E-state index contributed by atoms with van der Waals surface area (Å²) >= 11 is 0. The maximum absolute atomic E-state index is 10.9. The molecular weight excluding hydrogens is 219 g/mol. The summed E-state index contributed by atoms with van der Waals surface area (Å²) in [6.07, 6.45) is -3.72. The van der Waals surface area contributed by atoms with Crippen molar-refractivity contribution in [3.05, 3.63) is 0 Å². The Morgan fingerprint density at radius 1 is 1.57 bits per heavy atom. The predicted octanol–water partition coefficient (Wildman–Crippen LogP) is -2.62. The van der Waals surface area contributed by atoms with Crippen LogP contribution in [0.2, 0.25) is 0 Å². The van der Waals surface area contributed by atoms with E-state index in [-0.39, 0.29) is 0 Å². The average molecular weight is 231 g/mol. The number of phosphoric acid groups is 1. The van der Waals surface area contributed by atoms with Gasteiger partial charge >= 0.3 is 7.82 Å². The summed E-state index contributed by atoms with van der Waals surface area (Å²) in [4.78, 5) is 22.9. The van der Waals surface area contributed by atoms with E-state index in [4.69, 9.17) is 21.6 Å². The van der Waals surface area contributed by atoms with Crippen LogP contribution in [-0.2, 0) is 13.9 Å². The van der Waals surface area contributed by atoms with Gasteiger partial charge < -0.3 is 25.1 Å². The molecule has 0 aromatic rings. The molecule has 0 saturated carbocycles. The fourth-order valence-electron chi connectivity index (χ4n) is 0.673. The quantitative estimate of drug-likeness (QED) is 0.299. The third-order valence-electron chi connectivity index (χ3n) is 1.26. The van der Waals surface area contributed by atoms with Crippen LogP contribution in [0.5, 0.6) is 0 Å². The minimum absolute atomic E-state index is 0.922. The van der Waals surface area contributed by atoms with E-state index in [0.29, 0.717) is 0 Å². The molecule has 0 spiro atoms. The van der Waals surface area contributed by atoms with Gasteiger partial charge in [0.15, 0.2) is 11.9 Å². The van der Waals surface area contributed by atoms with Crippen LogP contribution in [-0.4, -0.2) is 57.7 Å². The Labute approximate surface area is 80.5 Å². The number of hydrogen-bond acceptors (Lipinski definition) is 7. The van der Waals surface area contributed by atoms with Gasteiger partial charge in [-0.25, -0.2) is 4.57 Å². The number of hydrogen-bond donors (Lipinski definition) is 5. The lowest BCUT2D eigenvalue weighted by molar-refractivity contribution is -0.136. The number of aliphatic hydroxyl groups excluding tert-OH is 3.